The normalized spacial score (nSPS) is 15.6. The Bertz CT molecular complexity index is 955. The maximum absolute atomic E-state index is 11.6. The number of aliphatic carboxylic acids is 1. The Morgan fingerprint density at radius 1 is 0.667 bits per heavy atom. The van der Waals surface area contributed by atoms with Crippen molar-refractivity contribution in [2.75, 3.05) is 46.2 Å². The van der Waals surface area contributed by atoms with E-state index in [0.29, 0.717) is 55.8 Å². The van der Waals surface area contributed by atoms with Crippen molar-refractivity contribution in [3.05, 3.63) is 48.5 Å². The van der Waals surface area contributed by atoms with E-state index in [4.69, 9.17) is 28.4 Å². The maximum atomic E-state index is 11.6. The molecule has 0 spiro atoms. The number of hydrogen-bond donors (Lipinski definition) is 1. The van der Waals surface area contributed by atoms with Crippen LogP contribution in [0.1, 0.15) is 84.0 Å². The highest BCUT2D eigenvalue weighted by Crippen LogP contribution is 2.32. The second-order valence-corrected chi connectivity index (χ2v) is 10.9. The highest BCUT2D eigenvalue weighted by Gasteiger charge is 2.35. The van der Waals surface area contributed by atoms with Gasteiger partial charge < -0.3 is 33.5 Å². The number of unbranched alkanes of at least 4 members (excludes halogenated alkanes) is 10. The molecule has 1 aliphatic rings. The van der Waals surface area contributed by atoms with Gasteiger partial charge in [-0.2, -0.15) is 0 Å². The zero-order valence-electron chi connectivity index (χ0n) is 25.4. The summed E-state index contributed by atoms with van der Waals surface area (Å²) in [5.74, 6) is 1.29. The zero-order valence-corrected chi connectivity index (χ0v) is 25.4. The smallest absolute Gasteiger partial charge is 0.329 e. The number of para-hydroxylation sites is 4. The van der Waals surface area contributed by atoms with E-state index >= 15 is 0 Å². The molecule has 1 aliphatic heterocycles. The Balaban J connectivity index is 1.69. The lowest BCUT2D eigenvalue weighted by molar-refractivity contribution is -0.156. The SMILES string of the molecule is CCCCCCCCCCCCCC1(OCC(=O)O)COc2ccccc2OCCOCCOc2ccccc2OC1. The van der Waals surface area contributed by atoms with Crippen molar-refractivity contribution in [3.63, 3.8) is 0 Å². The molecule has 0 unspecified atom stereocenters. The lowest BCUT2D eigenvalue weighted by Gasteiger charge is -2.33. The molecule has 1 N–H and O–H groups in total. The third-order valence-corrected chi connectivity index (χ3v) is 7.39. The van der Waals surface area contributed by atoms with Crippen molar-refractivity contribution in [2.45, 2.75) is 89.6 Å². The van der Waals surface area contributed by atoms with Gasteiger partial charge in [0.25, 0.3) is 0 Å². The monoisotopic (exact) mass is 586 g/mol. The Kier molecular flexibility index (Phi) is 16.0. The van der Waals surface area contributed by atoms with Crippen molar-refractivity contribution in [2.24, 2.45) is 0 Å². The topological polar surface area (TPSA) is 92.7 Å². The predicted octanol–water partition coefficient (Wildman–Crippen LogP) is 7.47. The fourth-order valence-corrected chi connectivity index (χ4v) is 4.99. The summed E-state index contributed by atoms with van der Waals surface area (Å²) >= 11 is 0. The van der Waals surface area contributed by atoms with Gasteiger partial charge >= 0.3 is 5.97 Å². The number of fused-ring (bicyclic) bond motifs is 2. The van der Waals surface area contributed by atoms with E-state index in [-0.39, 0.29) is 13.2 Å². The molecular weight excluding hydrogens is 536 g/mol. The molecule has 8 nitrogen and oxygen atoms in total. The van der Waals surface area contributed by atoms with Crippen molar-refractivity contribution in [3.8, 4) is 23.0 Å². The summed E-state index contributed by atoms with van der Waals surface area (Å²) in [5, 5.41) is 9.51. The Morgan fingerprint density at radius 3 is 1.55 bits per heavy atom. The molecule has 0 saturated heterocycles. The Hall–Kier alpha value is -2.97. The van der Waals surface area contributed by atoms with Gasteiger partial charge in [-0.05, 0) is 30.7 Å². The molecule has 1 heterocycles. The summed E-state index contributed by atoms with van der Waals surface area (Å²) in [4.78, 5) is 11.6. The molecule has 2 aromatic rings. The molecule has 0 radical (unpaired) electrons. The highest BCUT2D eigenvalue weighted by molar-refractivity contribution is 5.68. The van der Waals surface area contributed by atoms with E-state index in [2.05, 4.69) is 6.92 Å². The number of carboxylic acid groups (broad SMARTS) is 1. The quantitative estimate of drug-likeness (QED) is 0.215. The number of carboxylic acids is 1. The summed E-state index contributed by atoms with van der Waals surface area (Å²) in [6.45, 7) is 3.55. The van der Waals surface area contributed by atoms with Crippen molar-refractivity contribution < 1.29 is 38.3 Å². The average Bonchev–Trinajstić information content (AvgIpc) is 3.00. The van der Waals surface area contributed by atoms with Crippen LogP contribution in [0.25, 0.3) is 0 Å². The first-order chi connectivity index (χ1) is 20.6. The molecular formula is C34H50O8. The predicted molar refractivity (Wildman–Crippen MR) is 163 cm³/mol. The lowest BCUT2D eigenvalue weighted by Crippen LogP contribution is -2.46. The van der Waals surface area contributed by atoms with Crippen LogP contribution >= 0.6 is 0 Å². The van der Waals surface area contributed by atoms with Crippen LogP contribution in [0.4, 0.5) is 0 Å². The first kappa shape index (κ1) is 33.5. The van der Waals surface area contributed by atoms with Crippen molar-refractivity contribution in [1.29, 1.82) is 0 Å². The lowest BCUT2D eigenvalue weighted by atomic mass is 9.96. The van der Waals surface area contributed by atoms with Gasteiger partial charge in [0, 0.05) is 0 Å². The third-order valence-electron chi connectivity index (χ3n) is 7.39. The van der Waals surface area contributed by atoms with Gasteiger partial charge in [0.05, 0.1) is 13.2 Å². The van der Waals surface area contributed by atoms with Crippen molar-refractivity contribution in [1.82, 2.24) is 0 Å². The van der Waals surface area contributed by atoms with Crippen molar-refractivity contribution >= 4 is 5.97 Å². The van der Waals surface area contributed by atoms with Gasteiger partial charge in [-0.3, -0.25) is 0 Å². The van der Waals surface area contributed by atoms with E-state index in [9.17, 15) is 9.90 Å². The van der Waals surface area contributed by atoms with E-state index < -0.39 is 18.2 Å². The highest BCUT2D eigenvalue weighted by atomic mass is 16.6. The van der Waals surface area contributed by atoms with E-state index in [1.54, 1.807) is 0 Å². The van der Waals surface area contributed by atoms with E-state index in [0.717, 1.165) is 19.3 Å². The Labute approximate surface area is 251 Å². The third kappa shape index (κ3) is 12.9. The second kappa shape index (κ2) is 20.0. The van der Waals surface area contributed by atoms with Crippen LogP contribution in [0.2, 0.25) is 0 Å². The first-order valence-corrected chi connectivity index (χ1v) is 15.7. The van der Waals surface area contributed by atoms with Gasteiger partial charge in [0.1, 0.15) is 38.6 Å². The van der Waals surface area contributed by atoms with Crippen LogP contribution in [0.3, 0.4) is 0 Å². The number of rotatable bonds is 15. The van der Waals surface area contributed by atoms with Gasteiger partial charge in [0.15, 0.2) is 23.0 Å². The molecule has 42 heavy (non-hydrogen) atoms. The van der Waals surface area contributed by atoms with Crippen LogP contribution < -0.4 is 18.9 Å². The van der Waals surface area contributed by atoms with Crippen LogP contribution in [0, 0.1) is 0 Å². The van der Waals surface area contributed by atoms with Crippen LogP contribution in [-0.2, 0) is 14.3 Å². The van der Waals surface area contributed by atoms with Gasteiger partial charge in [-0.15, -0.1) is 0 Å². The van der Waals surface area contributed by atoms with Gasteiger partial charge in [-0.25, -0.2) is 4.79 Å². The Morgan fingerprint density at radius 2 is 1.10 bits per heavy atom. The number of hydrogen-bond acceptors (Lipinski definition) is 7. The minimum atomic E-state index is -1.03. The summed E-state index contributed by atoms with van der Waals surface area (Å²) in [7, 11) is 0. The molecule has 0 fully saturated rings. The standard InChI is InChI=1S/C34H50O8/c1-2-3-4-5-6-7-8-9-10-11-16-21-34(42-26-33(35)36)27-40-31-19-14-12-17-29(31)38-24-22-37-23-25-39-30-18-13-15-20-32(30)41-28-34/h12-15,17-20H,2-11,16,21-28H2,1H3,(H,35,36). The van der Waals surface area contributed by atoms with Gasteiger partial charge in [0.2, 0.25) is 0 Å². The summed E-state index contributed by atoms with van der Waals surface area (Å²) < 4.78 is 36.2. The number of ether oxygens (including phenoxy) is 6. The molecule has 0 aliphatic carbocycles. The molecule has 0 bridgehead atoms. The fraction of sp³-hybridized carbons (Fsp3) is 0.618. The molecule has 0 aromatic heterocycles. The minimum absolute atomic E-state index is 0.109. The minimum Gasteiger partial charge on any atom is -0.487 e. The van der Waals surface area contributed by atoms with E-state index in [1.165, 1.54) is 51.4 Å². The molecule has 0 amide bonds. The molecule has 234 valence electrons. The average molecular weight is 587 g/mol. The van der Waals surface area contributed by atoms with Crippen LogP contribution in [0.5, 0.6) is 23.0 Å². The summed E-state index contributed by atoms with van der Waals surface area (Å²) in [6, 6.07) is 14.9. The first-order valence-electron chi connectivity index (χ1n) is 15.7. The summed E-state index contributed by atoms with van der Waals surface area (Å²) in [5.41, 5.74) is -0.988. The zero-order chi connectivity index (χ0) is 29.7. The van der Waals surface area contributed by atoms with Crippen LogP contribution in [-0.4, -0.2) is 62.9 Å². The number of carbonyl (C=O) groups is 1. The molecule has 0 atom stereocenters. The maximum Gasteiger partial charge on any atom is 0.329 e. The fourth-order valence-electron chi connectivity index (χ4n) is 4.99. The van der Waals surface area contributed by atoms with E-state index in [1.807, 2.05) is 48.5 Å². The largest absolute Gasteiger partial charge is 0.487 e. The van der Waals surface area contributed by atoms with Crippen LogP contribution in [0.15, 0.2) is 48.5 Å². The second-order valence-electron chi connectivity index (χ2n) is 10.9. The molecule has 2 aromatic carbocycles. The summed E-state index contributed by atoms with van der Waals surface area (Å²) in [6.07, 6.45) is 14.0. The molecule has 0 saturated carbocycles. The number of benzene rings is 2. The van der Waals surface area contributed by atoms with Gasteiger partial charge in [-0.1, -0.05) is 102 Å². The molecule has 8 heteroatoms. The molecule has 3 rings (SSSR count).